The highest BCUT2D eigenvalue weighted by molar-refractivity contribution is 5.88. The first-order valence-corrected chi connectivity index (χ1v) is 18.8. The number of likely N-dealkylation sites (N-methyl/N-ethyl adjacent to an activating group) is 1. The van der Waals surface area contributed by atoms with Gasteiger partial charge in [0.15, 0.2) is 12.6 Å². The van der Waals surface area contributed by atoms with Crippen molar-refractivity contribution in [2.45, 2.75) is 167 Å². The SMILES string of the molecule is CC[C@H]1OC(=O)[C@H](CO)[C@@H](O[C@H]2C[C@@](C)(OC)[C@@H](O)[C@H](C)O2)[C@H](C)[C@@H](O[C@@H]2O[C@H](C)C[C@H](N(C)C)[C@H]2O)[C@](C)(O)C[C@@H](C)/C(=N\O)[C@H](C)[C@@H](O)[C@H]1C. The van der Waals surface area contributed by atoms with Crippen molar-refractivity contribution in [1.82, 2.24) is 4.90 Å². The van der Waals surface area contributed by atoms with Crippen LogP contribution in [0.15, 0.2) is 5.16 Å². The van der Waals surface area contributed by atoms with Crippen LogP contribution in [0.4, 0.5) is 0 Å². The number of ether oxygens (including phenoxy) is 6. The second-order valence-corrected chi connectivity index (χ2v) is 16.3. The average molecular weight is 749 g/mol. The fraction of sp³-hybridized carbons (Fsp3) is 0.946. The third-order valence-corrected chi connectivity index (χ3v) is 12.0. The van der Waals surface area contributed by atoms with Crippen LogP contribution in [0.2, 0.25) is 0 Å². The molecule has 3 heterocycles. The summed E-state index contributed by atoms with van der Waals surface area (Å²) >= 11 is 0. The Labute approximate surface area is 309 Å². The van der Waals surface area contributed by atoms with Crippen LogP contribution in [0.25, 0.3) is 0 Å². The molecule has 3 aliphatic rings. The van der Waals surface area contributed by atoms with Crippen molar-refractivity contribution >= 4 is 11.7 Å². The Morgan fingerprint density at radius 2 is 1.60 bits per heavy atom. The van der Waals surface area contributed by atoms with Crippen LogP contribution >= 0.6 is 0 Å². The standard InChI is InChI=1S/C37H68N2O13/c1-13-26-20(4)29(41)21(5)28(38-46)18(2)15-36(8,45)33(52-35-30(42)25(39(10)11)14-19(3)48-35)22(6)31(24(17-40)34(44)50-26)51-27-16-37(9,47-12)32(43)23(7)49-27/h18-27,29-33,35,40-43,45-46H,13-17H2,1-12H3/b38-28+/t18-,19-,20+,21+,22+,23+,24-,25+,26-,27+,29+,30-,31+,32+,33-,35+,36-,37-/m1/s1. The van der Waals surface area contributed by atoms with E-state index < -0.39 is 109 Å². The van der Waals surface area contributed by atoms with E-state index in [0.29, 0.717) is 12.8 Å². The van der Waals surface area contributed by atoms with E-state index in [9.17, 15) is 35.5 Å². The van der Waals surface area contributed by atoms with Gasteiger partial charge in [0.05, 0.1) is 54.0 Å². The Kier molecular flexibility index (Phi) is 15.9. The highest BCUT2D eigenvalue weighted by Gasteiger charge is 2.52. The second kappa shape index (κ2) is 18.4. The number of methoxy groups -OCH3 is 1. The molecule has 0 aliphatic carbocycles. The molecule has 18 atom stereocenters. The van der Waals surface area contributed by atoms with Crippen LogP contribution in [0.1, 0.15) is 88.0 Å². The summed E-state index contributed by atoms with van der Waals surface area (Å²) in [6.45, 7) is 14.9. The van der Waals surface area contributed by atoms with Gasteiger partial charge in [-0.15, -0.1) is 0 Å². The molecule has 3 fully saturated rings. The Balaban J connectivity index is 2.22. The molecule has 3 aliphatic heterocycles. The Morgan fingerprint density at radius 1 is 0.962 bits per heavy atom. The minimum absolute atomic E-state index is 0.0363. The first-order chi connectivity index (χ1) is 24.2. The number of aliphatic hydroxyl groups is 5. The van der Waals surface area contributed by atoms with Crippen molar-refractivity contribution < 1.29 is 64.0 Å². The van der Waals surface area contributed by atoms with Gasteiger partial charge in [0.1, 0.15) is 24.2 Å². The van der Waals surface area contributed by atoms with Crippen LogP contribution in [0.5, 0.6) is 0 Å². The van der Waals surface area contributed by atoms with E-state index in [0.717, 1.165) is 0 Å². The van der Waals surface area contributed by atoms with E-state index in [2.05, 4.69) is 5.16 Å². The van der Waals surface area contributed by atoms with Crippen molar-refractivity contribution in [2.24, 2.45) is 34.7 Å². The Morgan fingerprint density at radius 3 is 2.13 bits per heavy atom. The van der Waals surface area contributed by atoms with Gasteiger partial charge in [0, 0.05) is 43.2 Å². The van der Waals surface area contributed by atoms with Gasteiger partial charge in [-0.3, -0.25) is 4.79 Å². The quantitative estimate of drug-likeness (QED) is 0.119. The largest absolute Gasteiger partial charge is 0.462 e. The molecule has 6 N–H and O–H groups in total. The van der Waals surface area contributed by atoms with Gasteiger partial charge in [-0.2, -0.15) is 0 Å². The van der Waals surface area contributed by atoms with Gasteiger partial charge in [-0.1, -0.05) is 39.8 Å². The summed E-state index contributed by atoms with van der Waals surface area (Å²) < 4.78 is 37.2. The molecule has 15 heteroatoms. The number of carbonyl (C=O) groups excluding carboxylic acids is 1. The normalized spacial score (nSPS) is 48.3. The fourth-order valence-corrected chi connectivity index (χ4v) is 8.60. The van der Waals surface area contributed by atoms with Crippen molar-refractivity contribution in [2.75, 3.05) is 27.8 Å². The van der Waals surface area contributed by atoms with Gasteiger partial charge in [-0.05, 0) is 61.1 Å². The molecule has 3 saturated heterocycles. The summed E-state index contributed by atoms with van der Waals surface area (Å²) in [5.41, 5.74) is -2.61. The topological polar surface area (TPSA) is 209 Å². The zero-order chi connectivity index (χ0) is 39.5. The molecule has 52 heavy (non-hydrogen) atoms. The maximum atomic E-state index is 14.2. The summed E-state index contributed by atoms with van der Waals surface area (Å²) in [5.74, 6) is -4.93. The smallest absolute Gasteiger partial charge is 0.314 e. The van der Waals surface area contributed by atoms with E-state index in [-0.39, 0.29) is 30.7 Å². The average Bonchev–Trinajstić information content (AvgIpc) is 3.07. The molecular weight excluding hydrogens is 680 g/mol. The van der Waals surface area contributed by atoms with Gasteiger partial charge < -0.3 is 64.1 Å². The number of esters is 1. The number of cyclic esters (lactones) is 1. The highest BCUT2D eigenvalue weighted by Crippen LogP contribution is 2.40. The molecule has 3 rings (SSSR count). The molecule has 0 aromatic heterocycles. The zero-order valence-corrected chi connectivity index (χ0v) is 33.2. The van der Waals surface area contributed by atoms with Gasteiger partial charge in [0.25, 0.3) is 0 Å². The van der Waals surface area contributed by atoms with E-state index in [1.54, 1.807) is 48.5 Å². The molecule has 0 bridgehead atoms. The lowest BCUT2D eigenvalue weighted by molar-refractivity contribution is -0.318. The maximum Gasteiger partial charge on any atom is 0.314 e. The van der Waals surface area contributed by atoms with Crippen LogP contribution < -0.4 is 0 Å². The van der Waals surface area contributed by atoms with Crippen molar-refractivity contribution in [1.29, 1.82) is 0 Å². The summed E-state index contributed by atoms with van der Waals surface area (Å²) in [6.07, 6.45) is -8.86. The molecule has 0 amide bonds. The fourth-order valence-electron chi connectivity index (χ4n) is 8.60. The monoisotopic (exact) mass is 748 g/mol. The summed E-state index contributed by atoms with van der Waals surface area (Å²) in [6, 6.07) is -0.336. The molecular formula is C37H68N2O13. The van der Waals surface area contributed by atoms with Gasteiger partial charge in [-0.25, -0.2) is 0 Å². The summed E-state index contributed by atoms with van der Waals surface area (Å²) in [4.78, 5) is 16.1. The number of aliphatic hydroxyl groups excluding tert-OH is 4. The number of hydrogen-bond acceptors (Lipinski definition) is 15. The van der Waals surface area contributed by atoms with Gasteiger partial charge >= 0.3 is 5.97 Å². The third-order valence-electron chi connectivity index (χ3n) is 12.0. The zero-order valence-electron chi connectivity index (χ0n) is 33.2. The molecule has 0 aromatic carbocycles. The van der Waals surface area contributed by atoms with Crippen molar-refractivity contribution in [3.8, 4) is 0 Å². The van der Waals surface area contributed by atoms with E-state index in [1.807, 2.05) is 32.8 Å². The molecule has 0 saturated carbocycles. The van der Waals surface area contributed by atoms with Crippen LogP contribution in [-0.2, 0) is 33.2 Å². The second-order valence-electron chi connectivity index (χ2n) is 16.3. The Hall–Kier alpha value is -1.50. The number of hydrogen-bond donors (Lipinski definition) is 6. The van der Waals surface area contributed by atoms with Crippen molar-refractivity contribution in [3.05, 3.63) is 0 Å². The minimum Gasteiger partial charge on any atom is -0.462 e. The molecule has 0 spiro atoms. The van der Waals surface area contributed by atoms with E-state index in [4.69, 9.17) is 28.4 Å². The molecule has 0 unspecified atom stereocenters. The number of nitrogens with zero attached hydrogens (tertiary/aromatic N) is 2. The lowest BCUT2D eigenvalue weighted by Gasteiger charge is -2.49. The summed E-state index contributed by atoms with van der Waals surface area (Å²) in [7, 11) is 5.16. The molecule has 15 nitrogen and oxygen atoms in total. The van der Waals surface area contributed by atoms with Crippen LogP contribution in [-0.4, -0.2) is 154 Å². The number of oxime groups is 1. The third kappa shape index (κ3) is 9.83. The lowest BCUT2D eigenvalue weighted by Crippen LogP contribution is -2.61. The molecule has 0 aromatic rings. The van der Waals surface area contributed by atoms with Crippen molar-refractivity contribution in [3.63, 3.8) is 0 Å². The van der Waals surface area contributed by atoms with Gasteiger partial charge in [0.2, 0.25) is 0 Å². The molecule has 0 radical (unpaired) electrons. The lowest BCUT2D eigenvalue weighted by atomic mass is 9.74. The van der Waals surface area contributed by atoms with E-state index >= 15 is 0 Å². The maximum absolute atomic E-state index is 14.2. The van der Waals surface area contributed by atoms with Crippen LogP contribution in [0, 0.1) is 29.6 Å². The Bertz CT molecular complexity index is 1170. The number of rotatable bonds is 8. The molecule has 304 valence electrons. The predicted molar refractivity (Wildman–Crippen MR) is 190 cm³/mol. The number of carbonyl (C=O) groups is 1. The highest BCUT2D eigenvalue weighted by atomic mass is 16.7. The van der Waals surface area contributed by atoms with Crippen LogP contribution in [0.3, 0.4) is 0 Å². The minimum atomic E-state index is -1.78. The van der Waals surface area contributed by atoms with E-state index in [1.165, 1.54) is 7.11 Å². The first kappa shape index (κ1) is 44.9. The first-order valence-electron chi connectivity index (χ1n) is 18.8. The predicted octanol–water partition coefficient (Wildman–Crippen LogP) is 1.90. The summed E-state index contributed by atoms with van der Waals surface area (Å²) in [5, 5.41) is 71.1.